The third-order valence-corrected chi connectivity index (χ3v) is 5.25. The van der Waals surface area contributed by atoms with Crippen LogP contribution in [0.5, 0.6) is 0 Å². The average Bonchev–Trinajstić information content (AvgIpc) is 3.14. The SMILES string of the molecule is O=C1N[C@H](c2ccc(C(=O)O)cc2)[C@@H](C(=O)c2cccs2)[C@@](O)(C(F)(F)F)N1. The van der Waals surface area contributed by atoms with E-state index in [0.29, 0.717) is 0 Å². The second kappa shape index (κ2) is 6.91. The zero-order valence-corrected chi connectivity index (χ0v) is 14.7. The second-order valence-electron chi connectivity index (χ2n) is 6.09. The zero-order valence-electron chi connectivity index (χ0n) is 13.9. The second-order valence-corrected chi connectivity index (χ2v) is 7.03. The van der Waals surface area contributed by atoms with Gasteiger partial charge in [-0.15, -0.1) is 11.3 Å². The Morgan fingerprint density at radius 3 is 2.29 bits per heavy atom. The topological polar surface area (TPSA) is 116 Å². The number of nitrogens with one attached hydrogen (secondary N) is 2. The molecule has 2 heterocycles. The zero-order chi connectivity index (χ0) is 20.7. The molecule has 1 aliphatic heterocycles. The fourth-order valence-electron chi connectivity index (χ4n) is 3.02. The van der Waals surface area contributed by atoms with E-state index in [0.717, 1.165) is 23.5 Å². The predicted molar refractivity (Wildman–Crippen MR) is 91.0 cm³/mol. The maximum absolute atomic E-state index is 13.7. The third kappa shape index (κ3) is 3.34. The van der Waals surface area contributed by atoms with Crippen molar-refractivity contribution in [1.82, 2.24) is 10.6 Å². The summed E-state index contributed by atoms with van der Waals surface area (Å²) in [5.74, 6) is -4.41. The molecule has 3 atom stereocenters. The Labute approximate surface area is 159 Å². The number of hydrogen-bond acceptors (Lipinski definition) is 5. The quantitative estimate of drug-likeness (QED) is 0.574. The summed E-state index contributed by atoms with van der Waals surface area (Å²) in [6, 6.07) is 4.55. The Bertz CT molecular complexity index is 914. The first-order valence-electron chi connectivity index (χ1n) is 7.83. The van der Waals surface area contributed by atoms with Crippen LogP contribution in [0, 0.1) is 5.92 Å². The van der Waals surface area contributed by atoms with Crippen LogP contribution in [0.4, 0.5) is 18.0 Å². The van der Waals surface area contributed by atoms with Gasteiger partial charge in [-0.25, -0.2) is 9.59 Å². The first kappa shape index (κ1) is 19.8. The fourth-order valence-corrected chi connectivity index (χ4v) is 3.73. The van der Waals surface area contributed by atoms with Gasteiger partial charge in [0.25, 0.3) is 0 Å². The van der Waals surface area contributed by atoms with E-state index in [-0.39, 0.29) is 16.0 Å². The minimum Gasteiger partial charge on any atom is -0.478 e. The maximum Gasteiger partial charge on any atom is 0.437 e. The van der Waals surface area contributed by atoms with E-state index < -0.39 is 41.6 Å². The highest BCUT2D eigenvalue weighted by molar-refractivity contribution is 7.12. The van der Waals surface area contributed by atoms with Gasteiger partial charge in [0.15, 0.2) is 5.78 Å². The summed E-state index contributed by atoms with van der Waals surface area (Å²) >= 11 is 0.894. The van der Waals surface area contributed by atoms with Crippen molar-refractivity contribution in [3.05, 3.63) is 57.8 Å². The lowest BCUT2D eigenvalue weighted by Crippen LogP contribution is -2.72. The Hall–Kier alpha value is -2.92. The van der Waals surface area contributed by atoms with Crippen molar-refractivity contribution >= 4 is 29.1 Å². The number of rotatable bonds is 4. The van der Waals surface area contributed by atoms with E-state index in [1.807, 2.05) is 0 Å². The first-order valence-corrected chi connectivity index (χ1v) is 8.71. The van der Waals surface area contributed by atoms with Crippen LogP contribution in [0.15, 0.2) is 41.8 Å². The number of carbonyl (C=O) groups is 3. The number of alkyl halides is 3. The van der Waals surface area contributed by atoms with Gasteiger partial charge < -0.3 is 20.8 Å². The smallest absolute Gasteiger partial charge is 0.437 e. The molecule has 148 valence electrons. The van der Waals surface area contributed by atoms with E-state index >= 15 is 0 Å². The number of ketones is 1. The Morgan fingerprint density at radius 1 is 1.14 bits per heavy atom. The van der Waals surface area contributed by atoms with Gasteiger partial charge in [-0.3, -0.25) is 4.79 Å². The molecule has 4 N–H and O–H groups in total. The van der Waals surface area contributed by atoms with E-state index in [2.05, 4.69) is 5.32 Å². The lowest BCUT2D eigenvalue weighted by molar-refractivity contribution is -0.287. The van der Waals surface area contributed by atoms with Crippen molar-refractivity contribution in [2.75, 3.05) is 0 Å². The molecule has 2 aromatic rings. The number of urea groups is 1. The van der Waals surface area contributed by atoms with Crippen LogP contribution in [0.25, 0.3) is 0 Å². The number of carboxylic acid groups (broad SMARTS) is 1. The molecule has 28 heavy (non-hydrogen) atoms. The summed E-state index contributed by atoms with van der Waals surface area (Å²) in [4.78, 5) is 35.7. The van der Waals surface area contributed by atoms with Crippen molar-refractivity contribution < 1.29 is 37.8 Å². The van der Waals surface area contributed by atoms with Crippen molar-refractivity contribution in [3.63, 3.8) is 0 Å². The Balaban J connectivity index is 2.12. The molecular weight excluding hydrogens is 401 g/mol. The highest BCUT2D eigenvalue weighted by Gasteiger charge is 2.66. The molecule has 1 saturated heterocycles. The molecule has 0 radical (unpaired) electrons. The van der Waals surface area contributed by atoms with Crippen molar-refractivity contribution in [2.24, 2.45) is 5.92 Å². The van der Waals surface area contributed by atoms with Gasteiger partial charge in [0, 0.05) is 0 Å². The van der Waals surface area contributed by atoms with Crippen LogP contribution in [0.2, 0.25) is 0 Å². The largest absolute Gasteiger partial charge is 0.478 e. The van der Waals surface area contributed by atoms with Crippen LogP contribution in [-0.2, 0) is 0 Å². The van der Waals surface area contributed by atoms with Gasteiger partial charge in [0.05, 0.1) is 16.5 Å². The Morgan fingerprint density at radius 2 is 1.79 bits per heavy atom. The molecule has 3 rings (SSSR count). The summed E-state index contributed by atoms with van der Waals surface area (Å²) in [6.45, 7) is 0. The molecule has 2 amide bonds. The highest BCUT2D eigenvalue weighted by atomic mass is 32.1. The highest BCUT2D eigenvalue weighted by Crippen LogP contribution is 2.44. The number of aromatic carboxylic acids is 1. The number of Topliss-reactive ketones (excluding diaryl/α,β-unsaturated/α-hetero) is 1. The van der Waals surface area contributed by atoms with Crippen LogP contribution < -0.4 is 10.6 Å². The molecule has 1 fully saturated rings. The number of carboxylic acids is 1. The molecule has 0 aliphatic carbocycles. The van der Waals surface area contributed by atoms with Gasteiger partial charge in [-0.05, 0) is 29.1 Å². The molecule has 0 saturated carbocycles. The van der Waals surface area contributed by atoms with Gasteiger partial charge >= 0.3 is 18.2 Å². The first-order chi connectivity index (χ1) is 13.0. The molecular formula is C17H13F3N2O5S. The summed E-state index contributed by atoms with van der Waals surface area (Å²) in [6.07, 6.45) is -5.35. The van der Waals surface area contributed by atoms with E-state index in [4.69, 9.17) is 5.11 Å². The lowest BCUT2D eigenvalue weighted by Gasteiger charge is -2.44. The summed E-state index contributed by atoms with van der Waals surface area (Å²) in [5.41, 5.74) is -3.90. The monoisotopic (exact) mass is 414 g/mol. The molecule has 0 spiro atoms. The minimum absolute atomic E-state index is 0.0298. The normalized spacial score (nSPS) is 24.9. The minimum atomic E-state index is -5.35. The van der Waals surface area contributed by atoms with Crippen molar-refractivity contribution in [1.29, 1.82) is 0 Å². The number of halogens is 3. The number of amides is 2. The van der Waals surface area contributed by atoms with Crippen LogP contribution in [0.3, 0.4) is 0 Å². The molecule has 7 nitrogen and oxygen atoms in total. The molecule has 1 aromatic carbocycles. The van der Waals surface area contributed by atoms with Crippen molar-refractivity contribution in [2.45, 2.75) is 17.9 Å². The van der Waals surface area contributed by atoms with Gasteiger partial charge in [0.1, 0.15) is 5.92 Å². The standard InChI is InChI=1S/C17H13F3N2O5S/c18-17(19,20)16(27)11(13(23)10-2-1-7-28-10)12(21-15(26)22-16)8-3-5-9(6-4-8)14(24)25/h1-7,11-12,27H,(H,24,25)(H2,21,22,26)/t11-,12+,16+/m0/s1. The van der Waals surface area contributed by atoms with E-state index in [9.17, 15) is 32.7 Å². The molecule has 11 heteroatoms. The average molecular weight is 414 g/mol. The number of thiophene rings is 1. The van der Waals surface area contributed by atoms with Gasteiger partial charge in [-0.2, -0.15) is 13.2 Å². The van der Waals surface area contributed by atoms with Crippen LogP contribution in [-0.4, -0.2) is 39.9 Å². The van der Waals surface area contributed by atoms with E-state index in [1.165, 1.54) is 35.0 Å². The molecule has 1 aliphatic rings. The predicted octanol–water partition coefficient (Wildman–Crippen LogP) is 2.55. The summed E-state index contributed by atoms with van der Waals surface area (Å²) in [5, 5.41) is 24.5. The van der Waals surface area contributed by atoms with Crippen molar-refractivity contribution in [3.8, 4) is 0 Å². The number of aliphatic hydroxyl groups is 1. The maximum atomic E-state index is 13.7. The fraction of sp³-hybridized carbons (Fsp3) is 0.235. The number of hydrogen-bond donors (Lipinski definition) is 4. The molecule has 1 aromatic heterocycles. The molecule has 0 unspecified atom stereocenters. The van der Waals surface area contributed by atoms with Crippen LogP contribution in [0.1, 0.15) is 31.6 Å². The third-order valence-electron chi connectivity index (χ3n) is 4.37. The van der Waals surface area contributed by atoms with Gasteiger partial charge in [0.2, 0.25) is 5.72 Å². The van der Waals surface area contributed by atoms with Crippen LogP contribution >= 0.6 is 11.3 Å². The number of carbonyl (C=O) groups excluding carboxylic acids is 2. The Kier molecular flexibility index (Phi) is 4.90. The van der Waals surface area contributed by atoms with E-state index in [1.54, 1.807) is 0 Å². The summed E-state index contributed by atoms with van der Waals surface area (Å²) < 4.78 is 41.1. The number of benzene rings is 1. The summed E-state index contributed by atoms with van der Waals surface area (Å²) in [7, 11) is 0. The van der Waals surface area contributed by atoms with Gasteiger partial charge in [-0.1, -0.05) is 18.2 Å². The lowest BCUT2D eigenvalue weighted by atomic mass is 9.78. The molecule has 0 bridgehead atoms.